The molecule has 0 aliphatic heterocycles. The van der Waals surface area contributed by atoms with Crippen LogP contribution >= 0.6 is 0 Å². The maximum Gasteiger partial charge on any atom is -0.0000240 e. The highest BCUT2D eigenvalue weighted by Gasteiger charge is 2.34. The fraction of sp³-hybridized carbons (Fsp3) is 0.0690. The second kappa shape index (κ2) is 8.47. The summed E-state index contributed by atoms with van der Waals surface area (Å²) in [6, 6.07) is 43.2. The van der Waals surface area contributed by atoms with Crippen molar-refractivity contribution in [3.63, 3.8) is 0 Å². The Balaban J connectivity index is 1.41. The molecule has 0 amide bonds. The molecule has 0 heteroatoms. The van der Waals surface area contributed by atoms with Gasteiger partial charge in [0.1, 0.15) is 0 Å². The van der Waals surface area contributed by atoms with E-state index in [2.05, 4.69) is 137 Å². The van der Waals surface area contributed by atoms with E-state index < -0.39 is 0 Å². The van der Waals surface area contributed by atoms with Crippen LogP contribution in [0.1, 0.15) is 22.3 Å². The molecule has 0 N–H and O–H groups in total. The molecule has 0 aromatic heterocycles. The predicted molar refractivity (Wildman–Crippen MR) is 255 cm³/mol. The standard InChI is InChI=1S/C58H30/c1-23-21-24(2)40-36-18-14-33-29-11-7-8-12-30(29)34-16-20-38-42-26(4)22-25(3)41-37-19-15-32-28-10-6-5-9-27(28)31-13-17-35-39(23)51(40)57-53-47(35)43(31)44(32)49(37)55(53)58(52(41)42)56-50(38)46(34)45(33)48(36)54(56)57/h5-22H,1-4H3. The summed E-state index contributed by atoms with van der Waals surface area (Å²) in [4.78, 5) is 0. The number of rotatable bonds is 0. The summed E-state index contributed by atoms with van der Waals surface area (Å²) in [6.45, 7) is 9.49. The van der Waals surface area contributed by atoms with Gasteiger partial charge in [-0.15, -0.1) is 0 Å². The van der Waals surface area contributed by atoms with Crippen molar-refractivity contribution in [1.29, 1.82) is 0 Å². The van der Waals surface area contributed by atoms with E-state index in [1.165, 1.54) is 195 Å². The molecule has 0 saturated carbocycles. The van der Waals surface area contributed by atoms with Gasteiger partial charge in [0.25, 0.3) is 0 Å². The van der Waals surface area contributed by atoms with Gasteiger partial charge in [-0.25, -0.2) is 0 Å². The van der Waals surface area contributed by atoms with Crippen molar-refractivity contribution in [2.24, 2.45) is 0 Å². The highest BCUT2D eigenvalue weighted by molar-refractivity contribution is 6.64. The lowest BCUT2D eigenvalue weighted by Gasteiger charge is -2.32. The van der Waals surface area contributed by atoms with Crippen LogP contribution in [-0.2, 0) is 0 Å². The number of hydrogen-bond acceptors (Lipinski definition) is 0. The Kier molecular flexibility index (Phi) is 4.15. The Labute approximate surface area is 330 Å². The minimum Gasteiger partial charge on any atom is -0.0616 e. The molecule has 0 nitrogen and oxygen atoms in total. The van der Waals surface area contributed by atoms with Crippen LogP contribution < -0.4 is 0 Å². The monoisotopic (exact) mass is 726 g/mol. The molecule has 0 unspecified atom stereocenters. The molecular formula is C58H30. The number of benzene rings is 17. The van der Waals surface area contributed by atoms with Crippen LogP contribution in [0.3, 0.4) is 0 Å². The van der Waals surface area contributed by atoms with E-state index in [4.69, 9.17) is 0 Å². The molecule has 0 fully saturated rings. The number of hydrogen-bond donors (Lipinski definition) is 0. The summed E-state index contributed by atoms with van der Waals surface area (Å²) in [5, 5.41) is 45.8. The van der Waals surface area contributed by atoms with Crippen LogP contribution in [0.2, 0.25) is 0 Å². The van der Waals surface area contributed by atoms with Gasteiger partial charge in [0.2, 0.25) is 0 Å². The molecule has 262 valence electrons. The largest absolute Gasteiger partial charge is 0.0616 e. The third-order valence-corrected chi connectivity index (χ3v) is 15.9. The lowest BCUT2D eigenvalue weighted by molar-refractivity contribution is 1.47. The summed E-state index contributed by atoms with van der Waals surface area (Å²) in [6.07, 6.45) is 0. The molecule has 0 saturated heterocycles. The van der Waals surface area contributed by atoms with Crippen molar-refractivity contribution in [3.05, 3.63) is 131 Å². The Bertz CT molecular complexity index is 4140. The second-order valence-electron chi connectivity index (χ2n) is 18.3. The normalized spacial score (nSPS) is 13.9. The van der Waals surface area contributed by atoms with Gasteiger partial charge in [-0.05, 0) is 222 Å². The summed E-state index contributed by atoms with van der Waals surface area (Å²) < 4.78 is 0. The highest BCUT2D eigenvalue weighted by atomic mass is 14.4. The molecule has 0 bridgehead atoms. The predicted octanol–water partition coefficient (Wildman–Crippen LogP) is 16.9. The van der Waals surface area contributed by atoms with E-state index in [1.54, 1.807) is 0 Å². The maximum atomic E-state index is 2.50. The van der Waals surface area contributed by atoms with Gasteiger partial charge in [0.15, 0.2) is 0 Å². The van der Waals surface area contributed by atoms with Gasteiger partial charge in [-0.1, -0.05) is 109 Å². The molecular weight excluding hydrogens is 697 g/mol. The first-order valence-electron chi connectivity index (χ1n) is 21.0. The molecule has 0 radical (unpaired) electrons. The van der Waals surface area contributed by atoms with Crippen LogP contribution in [0.5, 0.6) is 0 Å². The first-order chi connectivity index (χ1) is 28.5. The fourth-order valence-electron chi connectivity index (χ4n) is 14.2. The molecule has 17 aromatic rings. The lowest BCUT2D eigenvalue weighted by Crippen LogP contribution is -2.03. The first-order valence-corrected chi connectivity index (χ1v) is 21.0. The minimum absolute atomic E-state index is 1.35. The van der Waals surface area contributed by atoms with Gasteiger partial charge < -0.3 is 0 Å². The van der Waals surface area contributed by atoms with Crippen molar-refractivity contribution < 1.29 is 0 Å². The van der Waals surface area contributed by atoms with Crippen molar-refractivity contribution in [1.82, 2.24) is 0 Å². The summed E-state index contributed by atoms with van der Waals surface area (Å²) in [5.41, 5.74) is 5.50. The summed E-state index contributed by atoms with van der Waals surface area (Å²) in [5.74, 6) is 0. The van der Waals surface area contributed by atoms with Gasteiger partial charge in [-0.2, -0.15) is 0 Å². The van der Waals surface area contributed by atoms with Crippen LogP contribution in [0.15, 0.2) is 109 Å². The topological polar surface area (TPSA) is 0 Å². The Morgan fingerprint density at radius 1 is 0.172 bits per heavy atom. The molecule has 0 atom stereocenters. The van der Waals surface area contributed by atoms with E-state index in [0.29, 0.717) is 0 Å². The molecule has 0 spiro atoms. The zero-order valence-electron chi connectivity index (χ0n) is 32.4. The zero-order valence-corrected chi connectivity index (χ0v) is 32.4. The van der Waals surface area contributed by atoms with Crippen LogP contribution in [0.4, 0.5) is 0 Å². The van der Waals surface area contributed by atoms with Crippen molar-refractivity contribution >= 4 is 172 Å². The van der Waals surface area contributed by atoms with Gasteiger partial charge in [0.05, 0.1) is 0 Å². The van der Waals surface area contributed by atoms with E-state index in [1.807, 2.05) is 0 Å². The molecule has 17 aromatic carbocycles. The van der Waals surface area contributed by atoms with Crippen molar-refractivity contribution in [2.75, 3.05) is 0 Å². The molecule has 58 heavy (non-hydrogen) atoms. The van der Waals surface area contributed by atoms with E-state index in [0.717, 1.165) is 0 Å². The summed E-state index contributed by atoms with van der Waals surface area (Å²) >= 11 is 0. The Hall–Kier alpha value is -7.02. The Morgan fingerprint density at radius 2 is 0.362 bits per heavy atom. The van der Waals surface area contributed by atoms with Crippen LogP contribution in [0, 0.1) is 27.7 Å². The smallest absolute Gasteiger partial charge is 0.0000240 e. The number of fused-ring (bicyclic) bond motifs is 10. The van der Waals surface area contributed by atoms with Crippen LogP contribution in [0.25, 0.3) is 172 Å². The molecule has 0 aliphatic carbocycles. The van der Waals surface area contributed by atoms with E-state index in [-0.39, 0.29) is 0 Å². The van der Waals surface area contributed by atoms with Crippen molar-refractivity contribution in [3.8, 4) is 0 Å². The average molecular weight is 727 g/mol. The minimum atomic E-state index is 1.35. The maximum absolute atomic E-state index is 2.50. The number of aryl methyl sites for hydroxylation is 4. The van der Waals surface area contributed by atoms with Crippen LogP contribution in [-0.4, -0.2) is 0 Å². The molecule has 0 heterocycles. The SMILES string of the molecule is Cc1cc(C)c2c3ccc4c5ccccc5c5ccc6c7c(C)cc(C)c8c9ccc%10c%11ccccc%11c%11ccc%12c1c2c1c2c%12c%11c%10c9c2c(c87)c2c6c5c4c3c12. The van der Waals surface area contributed by atoms with Crippen molar-refractivity contribution in [2.45, 2.75) is 27.7 Å². The zero-order chi connectivity index (χ0) is 37.5. The quantitative estimate of drug-likeness (QED) is 0.108. The molecule has 0 aliphatic rings. The average Bonchev–Trinajstić information content (AvgIpc) is 3.24. The molecule has 17 rings (SSSR count). The second-order valence-corrected chi connectivity index (χ2v) is 18.3. The van der Waals surface area contributed by atoms with E-state index in [9.17, 15) is 0 Å². The van der Waals surface area contributed by atoms with E-state index >= 15 is 0 Å². The Morgan fingerprint density at radius 3 is 0.621 bits per heavy atom. The summed E-state index contributed by atoms with van der Waals surface area (Å²) in [7, 11) is 0. The highest BCUT2D eigenvalue weighted by Crippen LogP contribution is 2.63. The lowest BCUT2D eigenvalue weighted by atomic mass is 9.70. The fourth-order valence-corrected chi connectivity index (χ4v) is 14.2. The van der Waals surface area contributed by atoms with Gasteiger partial charge in [-0.3, -0.25) is 0 Å². The third-order valence-electron chi connectivity index (χ3n) is 15.9. The first kappa shape index (κ1) is 28.4. The third kappa shape index (κ3) is 2.53. The van der Waals surface area contributed by atoms with Gasteiger partial charge >= 0.3 is 0 Å². The van der Waals surface area contributed by atoms with Gasteiger partial charge in [0, 0.05) is 0 Å².